The summed E-state index contributed by atoms with van der Waals surface area (Å²) in [6.07, 6.45) is -0.288. The molecule has 0 aliphatic heterocycles. The van der Waals surface area contributed by atoms with Crippen molar-refractivity contribution in [2.75, 3.05) is 0 Å². The summed E-state index contributed by atoms with van der Waals surface area (Å²) < 4.78 is 12.9. The quantitative estimate of drug-likeness (QED) is 0.582. The van der Waals surface area contributed by atoms with Gasteiger partial charge in [-0.3, -0.25) is 14.9 Å². The Labute approximate surface area is 89.6 Å². The van der Waals surface area contributed by atoms with Crippen molar-refractivity contribution in [2.24, 2.45) is 5.73 Å². The molecule has 0 aliphatic rings. The van der Waals surface area contributed by atoms with E-state index in [0.29, 0.717) is 0 Å². The molecule has 0 aromatic heterocycles. The van der Waals surface area contributed by atoms with Crippen molar-refractivity contribution in [1.29, 1.82) is 0 Å². The summed E-state index contributed by atoms with van der Waals surface area (Å²) >= 11 is 0. The molecule has 6 nitrogen and oxygen atoms in total. The molecule has 0 bridgehead atoms. The van der Waals surface area contributed by atoms with E-state index in [-0.39, 0.29) is 17.7 Å². The van der Waals surface area contributed by atoms with Crippen LogP contribution in [0.2, 0.25) is 0 Å². The van der Waals surface area contributed by atoms with Crippen LogP contribution in [0.3, 0.4) is 0 Å². The van der Waals surface area contributed by atoms with Crippen molar-refractivity contribution in [2.45, 2.75) is 12.5 Å². The first-order valence-corrected chi connectivity index (χ1v) is 4.33. The highest BCUT2D eigenvalue weighted by molar-refractivity contribution is 5.73. The number of benzene rings is 1. The fourth-order valence-corrected chi connectivity index (χ4v) is 1.22. The molecule has 86 valence electrons. The van der Waals surface area contributed by atoms with Crippen LogP contribution in [0.15, 0.2) is 18.2 Å². The van der Waals surface area contributed by atoms with Gasteiger partial charge < -0.3 is 10.8 Å². The van der Waals surface area contributed by atoms with Crippen molar-refractivity contribution < 1.29 is 19.2 Å². The molecule has 0 heterocycles. The molecule has 0 aliphatic carbocycles. The van der Waals surface area contributed by atoms with Crippen molar-refractivity contribution in [1.82, 2.24) is 0 Å². The Bertz CT molecular complexity index is 436. The molecule has 0 unspecified atom stereocenters. The van der Waals surface area contributed by atoms with Crippen LogP contribution in [0.5, 0.6) is 0 Å². The third-order valence-electron chi connectivity index (χ3n) is 2.00. The summed E-state index contributed by atoms with van der Waals surface area (Å²) in [6.45, 7) is 0. The molecule has 1 aromatic carbocycles. The molecule has 7 heteroatoms. The van der Waals surface area contributed by atoms with E-state index in [0.717, 1.165) is 18.2 Å². The van der Waals surface area contributed by atoms with Crippen LogP contribution in [0.1, 0.15) is 5.56 Å². The van der Waals surface area contributed by atoms with Crippen molar-refractivity contribution in [3.05, 3.63) is 39.7 Å². The van der Waals surface area contributed by atoms with Gasteiger partial charge in [-0.25, -0.2) is 4.39 Å². The predicted octanol–water partition coefficient (Wildman–Crippen LogP) is 0.688. The topological polar surface area (TPSA) is 106 Å². The first-order chi connectivity index (χ1) is 7.41. The number of carbonyl (C=O) groups is 1. The van der Waals surface area contributed by atoms with Gasteiger partial charge in [0.1, 0.15) is 11.9 Å². The number of aliphatic carboxylic acids is 1. The molecule has 0 amide bonds. The average Bonchev–Trinajstić information content (AvgIpc) is 2.16. The minimum absolute atomic E-state index is 0.0279. The zero-order valence-corrected chi connectivity index (χ0v) is 8.09. The van der Waals surface area contributed by atoms with Gasteiger partial charge in [-0.1, -0.05) is 0 Å². The van der Waals surface area contributed by atoms with Gasteiger partial charge in [0.2, 0.25) is 0 Å². The van der Waals surface area contributed by atoms with E-state index < -0.39 is 22.8 Å². The lowest BCUT2D eigenvalue weighted by molar-refractivity contribution is -0.385. The molecule has 0 saturated heterocycles. The van der Waals surface area contributed by atoms with Gasteiger partial charge in [0.25, 0.3) is 5.69 Å². The Morgan fingerprint density at radius 2 is 2.25 bits per heavy atom. The maximum absolute atomic E-state index is 12.9. The molecular weight excluding hydrogens is 219 g/mol. The molecule has 16 heavy (non-hydrogen) atoms. The summed E-state index contributed by atoms with van der Waals surface area (Å²) in [5.74, 6) is -1.96. The minimum Gasteiger partial charge on any atom is -0.480 e. The number of nitro groups is 1. The molecule has 3 N–H and O–H groups in total. The summed E-state index contributed by atoms with van der Waals surface area (Å²) in [5, 5.41) is 19.1. The number of carboxylic acid groups (broad SMARTS) is 1. The Morgan fingerprint density at radius 3 is 2.75 bits per heavy atom. The molecule has 0 radical (unpaired) electrons. The highest BCUT2D eigenvalue weighted by atomic mass is 19.1. The number of nitrogens with zero attached hydrogens (tertiary/aromatic N) is 1. The van der Waals surface area contributed by atoms with Crippen molar-refractivity contribution >= 4 is 11.7 Å². The molecule has 0 fully saturated rings. The second kappa shape index (κ2) is 4.67. The van der Waals surface area contributed by atoms with E-state index in [1.165, 1.54) is 0 Å². The Balaban J connectivity index is 3.05. The second-order valence-corrected chi connectivity index (χ2v) is 3.18. The van der Waals surface area contributed by atoms with Gasteiger partial charge in [-0.05, 0) is 12.1 Å². The highest BCUT2D eigenvalue weighted by Crippen LogP contribution is 2.20. The molecule has 1 atom stereocenters. The van der Waals surface area contributed by atoms with Gasteiger partial charge in [0, 0.05) is 18.1 Å². The van der Waals surface area contributed by atoms with Crippen LogP contribution < -0.4 is 5.73 Å². The van der Waals surface area contributed by atoms with Gasteiger partial charge >= 0.3 is 5.97 Å². The number of rotatable bonds is 4. The van der Waals surface area contributed by atoms with E-state index in [4.69, 9.17) is 10.8 Å². The summed E-state index contributed by atoms with van der Waals surface area (Å²) in [6, 6.07) is 1.55. The van der Waals surface area contributed by atoms with Crippen molar-refractivity contribution in [3.8, 4) is 0 Å². The van der Waals surface area contributed by atoms with Gasteiger partial charge in [0.15, 0.2) is 0 Å². The average molecular weight is 228 g/mol. The number of hydrogen-bond acceptors (Lipinski definition) is 4. The Hall–Kier alpha value is -2.02. The fourth-order valence-electron chi connectivity index (χ4n) is 1.22. The van der Waals surface area contributed by atoms with E-state index in [1.807, 2.05) is 0 Å². The van der Waals surface area contributed by atoms with Crippen molar-refractivity contribution in [3.63, 3.8) is 0 Å². The van der Waals surface area contributed by atoms with Crippen LogP contribution in [0, 0.1) is 15.9 Å². The molecular formula is C9H9FN2O4. The molecule has 1 aromatic rings. The fraction of sp³-hybridized carbons (Fsp3) is 0.222. The smallest absolute Gasteiger partial charge is 0.320 e. The summed E-state index contributed by atoms with van der Waals surface area (Å²) in [7, 11) is 0. The lowest BCUT2D eigenvalue weighted by atomic mass is 10.0. The Morgan fingerprint density at radius 1 is 1.62 bits per heavy atom. The number of nitro benzene ring substituents is 1. The van der Waals surface area contributed by atoms with Crippen LogP contribution >= 0.6 is 0 Å². The standard InChI is InChI=1S/C9H9FN2O4/c10-6-1-2-8(12(15)16)5(3-6)4-7(11)9(13)14/h1-3,7H,4,11H2,(H,13,14)/t7-/m0/s1. The first-order valence-electron chi connectivity index (χ1n) is 4.33. The van der Waals surface area contributed by atoms with Crippen LogP contribution in [0.4, 0.5) is 10.1 Å². The maximum atomic E-state index is 12.9. The summed E-state index contributed by atoms with van der Waals surface area (Å²) in [4.78, 5) is 20.4. The molecule has 0 saturated carbocycles. The monoisotopic (exact) mass is 228 g/mol. The Kier molecular flexibility index (Phi) is 3.51. The van der Waals surface area contributed by atoms with E-state index in [2.05, 4.69) is 0 Å². The van der Waals surface area contributed by atoms with E-state index in [9.17, 15) is 19.3 Å². The van der Waals surface area contributed by atoms with Gasteiger partial charge in [0.05, 0.1) is 4.92 Å². The number of halogens is 1. The number of hydrogen-bond donors (Lipinski definition) is 2. The van der Waals surface area contributed by atoms with Crippen LogP contribution in [0.25, 0.3) is 0 Å². The van der Waals surface area contributed by atoms with Crippen LogP contribution in [-0.2, 0) is 11.2 Å². The van der Waals surface area contributed by atoms with Crippen LogP contribution in [-0.4, -0.2) is 22.0 Å². The zero-order chi connectivity index (χ0) is 12.3. The lowest BCUT2D eigenvalue weighted by Crippen LogP contribution is -2.32. The molecule has 1 rings (SSSR count). The van der Waals surface area contributed by atoms with E-state index in [1.54, 1.807) is 0 Å². The zero-order valence-electron chi connectivity index (χ0n) is 8.09. The van der Waals surface area contributed by atoms with Gasteiger partial charge in [-0.15, -0.1) is 0 Å². The number of nitrogens with two attached hydrogens (primary N) is 1. The SMILES string of the molecule is N[C@@H](Cc1cc(F)ccc1[N+](=O)[O-])C(=O)O. The predicted molar refractivity (Wildman–Crippen MR) is 52.4 cm³/mol. The van der Waals surface area contributed by atoms with E-state index >= 15 is 0 Å². The van der Waals surface area contributed by atoms with Gasteiger partial charge in [-0.2, -0.15) is 0 Å². The molecule has 0 spiro atoms. The third-order valence-corrected chi connectivity index (χ3v) is 2.00. The normalized spacial score (nSPS) is 12.1. The third kappa shape index (κ3) is 2.74. The second-order valence-electron chi connectivity index (χ2n) is 3.18. The maximum Gasteiger partial charge on any atom is 0.320 e. The minimum atomic E-state index is -1.29. The summed E-state index contributed by atoms with van der Waals surface area (Å²) in [5.41, 5.74) is 4.86. The lowest BCUT2D eigenvalue weighted by Gasteiger charge is -2.06. The highest BCUT2D eigenvalue weighted by Gasteiger charge is 2.20. The number of carboxylic acids is 1. The first kappa shape index (κ1) is 12.1. The largest absolute Gasteiger partial charge is 0.480 e.